The van der Waals surface area contributed by atoms with Gasteiger partial charge in [-0.3, -0.25) is 4.57 Å². The maximum absolute atomic E-state index is 13.6. The molecule has 0 aromatic carbocycles. The number of rotatable bonds is 9. The van der Waals surface area contributed by atoms with Crippen LogP contribution in [0.15, 0.2) is 24.1 Å². The van der Waals surface area contributed by atoms with Gasteiger partial charge in [0.05, 0.1) is 19.5 Å². The summed E-state index contributed by atoms with van der Waals surface area (Å²) < 4.78 is 39.6. The van der Waals surface area contributed by atoms with E-state index in [0.717, 1.165) is 11.3 Å². The van der Waals surface area contributed by atoms with Gasteiger partial charge in [-0.2, -0.15) is 9.97 Å². The van der Waals surface area contributed by atoms with Crippen LogP contribution in [0.5, 0.6) is 11.8 Å². The molecule has 12 nitrogen and oxygen atoms in total. The van der Waals surface area contributed by atoms with Gasteiger partial charge >= 0.3 is 0 Å². The largest absolute Gasteiger partial charge is 0.479 e. The van der Waals surface area contributed by atoms with Crippen molar-refractivity contribution < 1.29 is 17.9 Å². The van der Waals surface area contributed by atoms with Crippen LogP contribution in [-0.4, -0.2) is 67.6 Å². The monoisotopic (exact) mass is 530 g/mol. The molecule has 2 atom stereocenters. The smallest absolute Gasteiger partial charge is 0.245 e. The van der Waals surface area contributed by atoms with E-state index < -0.39 is 26.8 Å². The molecular formula is C22H26N8O4S2. The summed E-state index contributed by atoms with van der Waals surface area (Å²) in [6.07, 6.45) is 4.64. The van der Waals surface area contributed by atoms with Gasteiger partial charge in [-0.1, -0.05) is 6.92 Å². The molecule has 4 aromatic rings. The van der Waals surface area contributed by atoms with E-state index in [0.29, 0.717) is 16.7 Å². The highest BCUT2D eigenvalue weighted by atomic mass is 32.2. The molecule has 4 rings (SSSR count). The molecule has 4 aromatic heterocycles. The Morgan fingerprint density at radius 1 is 1.00 bits per heavy atom. The summed E-state index contributed by atoms with van der Waals surface area (Å²) in [6.45, 7) is 7.16. The first kappa shape index (κ1) is 25.6. The fraction of sp³-hybridized carbons (Fsp3) is 0.409. The number of hydrogen-bond donors (Lipinski definition) is 0. The zero-order valence-corrected chi connectivity index (χ0v) is 22.3. The lowest BCUT2D eigenvalue weighted by molar-refractivity contribution is 0.368. The van der Waals surface area contributed by atoms with Gasteiger partial charge in [-0.25, -0.2) is 23.4 Å². The van der Waals surface area contributed by atoms with Gasteiger partial charge in [0.1, 0.15) is 17.9 Å². The van der Waals surface area contributed by atoms with Crippen LogP contribution in [0.1, 0.15) is 42.7 Å². The summed E-state index contributed by atoms with van der Waals surface area (Å²) >= 11 is 1.36. The maximum Gasteiger partial charge on any atom is 0.245 e. The van der Waals surface area contributed by atoms with Gasteiger partial charge in [-0.05, 0) is 26.3 Å². The fourth-order valence-corrected chi connectivity index (χ4v) is 5.87. The van der Waals surface area contributed by atoms with Crippen molar-refractivity contribution >= 4 is 21.2 Å². The fourth-order valence-electron chi connectivity index (χ4n) is 3.55. The normalized spacial score (nSPS) is 13.4. The first-order valence-electron chi connectivity index (χ1n) is 11.0. The van der Waals surface area contributed by atoms with E-state index in [4.69, 9.17) is 9.47 Å². The van der Waals surface area contributed by atoms with Crippen LogP contribution in [0.3, 0.4) is 0 Å². The second kappa shape index (κ2) is 10.2. The number of sulfone groups is 1. The van der Waals surface area contributed by atoms with Crippen LogP contribution < -0.4 is 9.47 Å². The average molecular weight is 531 g/mol. The van der Waals surface area contributed by atoms with Gasteiger partial charge in [0.25, 0.3) is 0 Å². The summed E-state index contributed by atoms with van der Waals surface area (Å²) in [4.78, 5) is 21.5. The van der Waals surface area contributed by atoms with E-state index in [9.17, 15) is 8.42 Å². The second-order valence-electron chi connectivity index (χ2n) is 8.23. The number of methoxy groups -OCH3 is 2. The summed E-state index contributed by atoms with van der Waals surface area (Å²) in [7, 11) is -0.849. The van der Waals surface area contributed by atoms with E-state index >= 15 is 0 Å². The highest BCUT2D eigenvalue weighted by molar-refractivity contribution is 7.91. The van der Waals surface area contributed by atoms with Crippen LogP contribution >= 0.6 is 11.3 Å². The van der Waals surface area contributed by atoms with E-state index in [-0.39, 0.29) is 23.3 Å². The summed E-state index contributed by atoms with van der Waals surface area (Å²) in [5, 5.41) is 10.1. The van der Waals surface area contributed by atoms with Crippen molar-refractivity contribution in [3.63, 3.8) is 0 Å². The van der Waals surface area contributed by atoms with Crippen molar-refractivity contribution in [3.8, 4) is 28.3 Å². The van der Waals surface area contributed by atoms with Crippen molar-refractivity contribution in [2.24, 2.45) is 0 Å². The average Bonchev–Trinajstić information content (AvgIpc) is 3.48. The van der Waals surface area contributed by atoms with Crippen molar-refractivity contribution in [1.29, 1.82) is 0 Å². The Morgan fingerprint density at radius 2 is 1.64 bits per heavy atom. The zero-order valence-electron chi connectivity index (χ0n) is 20.7. The first-order valence-corrected chi connectivity index (χ1v) is 13.6. The number of aryl methyl sites for hydroxylation is 2. The Morgan fingerprint density at radius 3 is 2.19 bits per heavy atom. The standard InChI is InChI=1S/C22H26N8O4S2/c1-12-7-23-18(24-8-12)14(3)15(4)36(31,32)10-16-28-29-19(22-27-13(2)9-35-22)30(16)17-20(33-5)25-11-26-21(17)34-6/h7-9,11,14-15H,10H2,1-6H3/t14-,15-/m0/s1. The molecule has 0 bridgehead atoms. The van der Waals surface area contributed by atoms with Crippen LogP contribution in [0.25, 0.3) is 16.5 Å². The number of thiazole rings is 1. The van der Waals surface area contributed by atoms with Crippen LogP contribution in [0, 0.1) is 13.8 Å². The topological polar surface area (TPSA) is 148 Å². The Labute approximate surface area is 212 Å². The third-order valence-electron chi connectivity index (χ3n) is 5.71. The number of hydrogen-bond acceptors (Lipinski definition) is 12. The molecule has 0 N–H and O–H groups in total. The van der Waals surface area contributed by atoms with Gasteiger partial charge in [0, 0.05) is 29.4 Å². The molecule has 14 heteroatoms. The zero-order chi connectivity index (χ0) is 26.0. The first-order chi connectivity index (χ1) is 17.2. The maximum atomic E-state index is 13.6. The third kappa shape index (κ3) is 4.91. The Kier molecular flexibility index (Phi) is 7.26. The van der Waals surface area contributed by atoms with Crippen LogP contribution in [0.4, 0.5) is 0 Å². The van der Waals surface area contributed by atoms with Crippen LogP contribution in [0.2, 0.25) is 0 Å². The summed E-state index contributed by atoms with van der Waals surface area (Å²) in [5.74, 6) is 0.409. The van der Waals surface area contributed by atoms with E-state index in [1.807, 2.05) is 19.2 Å². The molecule has 0 aliphatic carbocycles. The van der Waals surface area contributed by atoms with E-state index in [2.05, 4.69) is 35.1 Å². The molecule has 36 heavy (non-hydrogen) atoms. The van der Waals surface area contributed by atoms with E-state index in [1.54, 1.807) is 26.2 Å². The quantitative estimate of drug-likeness (QED) is 0.314. The molecule has 0 saturated heterocycles. The van der Waals surface area contributed by atoms with Gasteiger partial charge in [0.2, 0.25) is 11.8 Å². The molecule has 0 amide bonds. The lowest BCUT2D eigenvalue weighted by Gasteiger charge is -2.20. The molecule has 0 spiro atoms. The van der Waals surface area contributed by atoms with Crippen molar-refractivity contribution in [1.82, 2.24) is 39.7 Å². The minimum absolute atomic E-state index is 0.146. The molecule has 0 saturated carbocycles. The Bertz CT molecular complexity index is 1450. The highest BCUT2D eigenvalue weighted by Crippen LogP contribution is 2.35. The predicted octanol–water partition coefficient (Wildman–Crippen LogP) is 2.71. The predicted molar refractivity (Wildman–Crippen MR) is 133 cm³/mol. The Hall–Kier alpha value is -3.52. The van der Waals surface area contributed by atoms with Crippen LogP contribution in [-0.2, 0) is 15.6 Å². The van der Waals surface area contributed by atoms with Crippen molar-refractivity contribution in [3.05, 3.63) is 47.0 Å². The molecule has 0 aliphatic heterocycles. The summed E-state index contributed by atoms with van der Waals surface area (Å²) in [6, 6.07) is 0. The van der Waals surface area contributed by atoms with E-state index in [1.165, 1.54) is 36.5 Å². The van der Waals surface area contributed by atoms with Gasteiger partial charge in [-0.15, -0.1) is 21.5 Å². The van der Waals surface area contributed by atoms with Gasteiger partial charge in [0.15, 0.2) is 32.2 Å². The number of ether oxygens (including phenoxy) is 2. The highest BCUT2D eigenvalue weighted by Gasteiger charge is 2.33. The molecule has 4 heterocycles. The Balaban J connectivity index is 1.81. The lowest BCUT2D eigenvalue weighted by atomic mass is 10.1. The molecule has 0 unspecified atom stereocenters. The lowest BCUT2D eigenvalue weighted by Crippen LogP contribution is -2.27. The summed E-state index contributed by atoms with van der Waals surface area (Å²) in [5.41, 5.74) is 1.97. The molecular weight excluding hydrogens is 504 g/mol. The minimum Gasteiger partial charge on any atom is -0.479 e. The molecule has 190 valence electrons. The SMILES string of the molecule is COc1ncnc(OC)c1-n1c(CS(=O)(=O)[C@@H](C)[C@H](C)c2ncc(C)cn2)nnc1-c1nc(C)cs1. The molecule has 0 radical (unpaired) electrons. The second-order valence-corrected chi connectivity index (χ2v) is 11.4. The van der Waals surface area contributed by atoms with Gasteiger partial charge < -0.3 is 9.47 Å². The molecule has 0 fully saturated rings. The molecule has 0 aliphatic rings. The minimum atomic E-state index is -3.75. The van der Waals surface area contributed by atoms with Crippen molar-refractivity contribution in [2.75, 3.05) is 14.2 Å². The number of aromatic nitrogens is 8. The van der Waals surface area contributed by atoms with Crippen molar-refractivity contribution in [2.45, 2.75) is 44.6 Å². The third-order valence-corrected chi connectivity index (χ3v) is 8.87. The number of nitrogens with zero attached hydrogens (tertiary/aromatic N) is 8.